The number of nitrogens with zero attached hydrogens (tertiary/aromatic N) is 2. The van der Waals surface area contributed by atoms with E-state index in [9.17, 15) is 9.18 Å². The number of nitriles is 1. The van der Waals surface area contributed by atoms with Crippen LogP contribution in [0.3, 0.4) is 0 Å². The number of carbonyl (C=O) groups excluding carboxylic acids is 1. The molecule has 126 valence electrons. The summed E-state index contributed by atoms with van der Waals surface area (Å²) in [6.07, 6.45) is -1.03. The second-order valence-electron chi connectivity index (χ2n) is 6.07. The van der Waals surface area contributed by atoms with Crippen LogP contribution in [0.2, 0.25) is 0 Å². The Morgan fingerprint density at radius 2 is 1.87 bits per heavy atom. The number of carbonyl (C=O) groups is 1. The molecule has 5 nitrogen and oxygen atoms in total. The van der Waals surface area contributed by atoms with Gasteiger partial charge in [-0.25, -0.2) is 4.39 Å². The summed E-state index contributed by atoms with van der Waals surface area (Å²) in [6, 6.07) is 13.3. The SMILES string of the molecule is CC(C)(CO)NCC(=O)N1C[C@@H](F)C[C@H]1C#N.c1ccccc1. The molecule has 0 spiro atoms. The van der Waals surface area contributed by atoms with Crippen LogP contribution in [0.25, 0.3) is 0 Å². The summed E-state index contributed by atoms with van der Waals surface area (Å²) in [5.74, 6) is -0.307. The first-order valence-electron chi connectivity index (χ1n) is 7.58. The van der Waals surface area contributed by atoms with Gasteiger partial charge < -0.3 is 15.3 Å². The summed E-state index contributed by atoms with van der Waals surface area (Å²) < 4.78 is 13.1. The number of nitrogens with one attached hydrogen (secondary N) is 1. The zero-order chi connectivity index (χ0) is 17.3. The van der Waals surface area contributed by atoms with E-state index in [2.05, 4.69) is 5.32 Å². The van der Waals surface area contributed by atoms with Gasteiger partial charge in [0.15, 0.2) is 0 Å². The molecule has 1 fully saturated rings. The Hall–Kier alpha value is -1.97. The molecule has 2 N–H and O–H groups in total. The highest BCUT2D eigenvalue weighted by Crippen LogP contribution is 2.19. The Morgan fingerprint density at radius 1 is 1.35 bits per heavy atom. The monoisotopic (exact) mass is 321 g/mol. The van der Waals surface area contributed by atoms with Gasteiger partial charge in [0.25, 0.3) is 0 Å². The molecule has 1 saturated heterocycles. The number of hydrogen-bond acceptors (Lipinski definition) is 4. The molecule has 0 radical (unpaired) electrons. The van der Waals surface area contributed by atoms with Crippen LogP contribution in [0.5, 0.6) is 0 Å². The Balaban J connectivity index is 0.000000366. The number of hydrogen-bond donors (Lipinski definition) is 2. The van der Waals surface area contributed by atoms with Crippen LogP contribution in [0.15, 0.2) is 36.4 Å². The van der Waals surface area contributed by atoms with Crippen molar-refractivity contribution >= 4 is 5.91 Å². The second-order valence-corrected chi connectivity index (χ2v) is 6.07. The molecule has 1 amide bonds. The van der Waals surface area contributed by atoms with E-state index in [1.54, 1.807) is 13.8 Å². The van der Waals surface area contributed by atoms with Crippen molar-refractivity contribution in [1.29, 1.82) is 5.26 Å². The van der Waals surface area contributed by atoms with Crippen molar-refractivity contribution in [3.8, 4) is 6.07 Å². The van der Waals surface area contributed by atoms with Crippen molar-refractivity contribution < 1.29 is 14.3 Å². The van der Waals surface area contributed by atoms with Gasteiger partial charge in [-0.1, -0.05) is 36.4 Å². The number of aliphatic hydroxyl groups is 1. The third-order valence-corrected chi connectivity index (χ3v) is 3.50. The molecule has 0 saturated carbocycles. The molecule has 23 heavy (non-hydrogen) atoms. The van der Waals surface area contributed by atoms with Gasteiger partial charge in [0.05, 0.1) is 25.8 Å². The van der Waals surface area contributed by atoms with Gasteiger partial charge in [-0.3, -0.25) is 4.79 Å². The van der Waals surface area contributed by atoms with Crippen LogP contribution in [-0.2, 0) is 4.79 Å². The highest BCUT2D eigenvalue weighted by molar-refractivity contribution is 5.79. The smallest absolute Gasteiger partial charge is 0.237 e. The van der Waals surface area contributed by atoms with Crippen LogP contribution in [0.4, 0.5) is 4.39 Å². The lowest BCUT2D eigenvalue weighted by molar-refractivity contribution is -0.130. The highest BCUT2D eigenvalue weighted by atomic mass is 19.1. The van der Waals surface area contributed by atoms with Gasteiger partial charge in [-0.15, -0.1) is 0 Å². The number of benzene rings is 1. The Morgan fingerprint density at radius 3 is 2.30 bits per heavy atom. The zero-order valence-corrected chi connectivity index (χ0v) is 13.6. The van der Waals surface area contributed by atoms with E-state index >= 15 is 0 Å². The van der Waals surface area contributed by atoms with Crippen LogP contribution in [0, 0.1) is 11.3 Å². The van der Waals surface area contributed by atoms with Crippen LogP contribution >= 0.6 is 0 Å². The number of rotatable bonds is 4. The Bertz CT molecular complexity index is 490. The van der Waals surface area contributed by atoms with Gasteiger partial charge >= 0.3 is 0 Å². The summed E-state index contributed by atoms with van der Waals surface area (Å²) in [4.78, 5) is 13.0. The van der Waals surface area contributed by atoms with Gasteiger partial charge in [-0.05, 0) is 13.8 Å². The van der Waals surface area contributed by atoms with Gasteiger partial charge in [0.2, 0.25) is 5.91 Å². The predicted molar refractivity (Wildman–Crippen MR) is 86.2 cm³/mol. The van der Waals surface area contributed by atoms with Crippen molar-refractivity contribution in [3.05, 3.63) is 36.4 Å². The molecule has 0 aromatic heterocycles. The van der Waals surface area contributed by atoms with Gasteiger partial charge in [-0.2, -0.15) is 5.26 Å². The molecule has 1 aromatic carbocycles. The lowest BCUT2D eigenvalue weighted by atomic mass is 10.1. The lowest BCUT2D eigenvalue weighted by Gasteiger charge is -2.26. The minimum Gasteiger partial charge on any atom is -0.394 e. The largest absolute Gasteiger partial charge is 0.394 e. The van der Waals surface area contributed by atoms with E-state index in [-0.39, 0.29) is 32.0 Å². The molecule has 1 aliphatic rings. The predicted octanol–water partition coefficient (Wildman–Crippen LogP) is 1.50. The Labute approximate surface area is 136 Å². The third-order valence-electron chi connectivity index (χ3n) is 3.50. The van der Waals surface area contributed by atoms with Crippen molar-refractivity contribution in [2.45, 2.75) is 38.0 Å². The normalized spacial score (nSPS) is 20.4. The minimum absolute atomic E-state index is 0.00153. The quantitative estimate of drug-likeness (QED) is 0.881. The molecule has 0 bridgehead atoms. The first-order valence-corrected chi connectivity index (χ1v) is 7.58. The zero-order valence-electron chi connectivity index (χ0n) is 13.6. The first kappa shape index (κ1) is 19.1. The van der Waals surface area contributed by atoms with Gasteiger partial charge in [0.1, 0.15) is 12.2 Å². The van der Waals surface area contributed by atoms with Crippen LogP contribution in [0.1, 0.15) is 20.3 Å². The molecule has 1 aromatic rings. The molecule has 6 heteroatoms. The van der Waals surface area contributed by atoms with Crippen molar-refractivity contribution in [2.24, 2.45) is 0 Å². The Kier molecular flexibility index (Phi) is 7.66. The average Bonchev–Trinajstić information content (AvgIpc) is 2.96. The van der Waals surface area contributed by atoms with Crippen LogP contribution in [-0.4, -0.2) is 53.4 Å². The highest BCUT2D eigenvalue weighted by Gasteiger charge is 2.35. The molecule has 1 aliphatic heterocycles. The van der Waals surface area contributed by atoms with E-state index in [1.165, 1.54) is 4.90 Å². The number of likely N-dealkylation sites (tertiary alicyclic amines) is 1. The topological polar surface area (TPSA) is 76.4 Å². The maximum absolute atomic E-state index is 13.1. The number of amides is 1. The minimum atomic E-state index is -1.12. The fourth-order valence-corrected chi connectivity index (χ4v) is 2.04. The number of halogens is 1. The molecule has 0 unspecified atom stereocenters. The van der Waals surface area contributed by atoms with Crippen molar-refractivity contribution in [2.75, 3.05) is 19.7 Å². The maximum Gasteiger partial charge on any atom is 0.237 e. The summed E-state index contributed by atoms with van der Waals surface area (Å²) >= 11 is 0. The molecule has 0 aliphatic carbocycles. The fourth-order valence-electron chi connectivity index (χ4n) is 2.04. The summed E-state index contributed by atoms with van der Waals surface area (Å²) in [5.41, 5.74) is -0.563. The molecule has 2 atom stereocenters. The lowest BCUT2D eigenvalue weighted by Crippen LogP contribution is -2.49. The maximum atomic E-state index is 13.1. The standard InChI is InChI=1S/C11H18FN3O2.C6H6/c1-11(2,7-16)14-5-10(17)15-6-8(12)3-9(15)4-13;1-2-4-6-5-3-1/h8-9,14,16H,3,5-7H2,1-2H3;1-6H/t8-,9-;/m0./s1. The molecular formula is C17H24FN3O2. The summed E-state index contributed by atoms with van der Waals surface area (Å²) in [5, 5.41) is 20.7. The van der Waals surface area contributed by atoms with E-state index in [1.807, 2.05) is 42.5 Å². The van der Waals surface area contributed by atoms with E-state index in [4.69, 9.17) is 10.4 Å². The number of aliphatic hydroxyl groups excluding tert-OH is 1. The third kappa shape index (κ3) is 6.76. The first-order chi connectivity index (χ1) is 10.9. The molecule has 1 heterocycles. The molecule has 2 rings (SSSR count). The van der Waals surface area contributed by atoms with Crippen molar-refractivity contribution in [3.63, 3.8) is 0 Å². The number of alkyl halides is 1. The van der Waals surface area contributed by atoms with Crippen LogP contribution < -0.4 is 5.32 Å². The van der Waals surface area contributed by atoms with E-state index in [0.29, 0.717) is 0 Å². The second kappa shape index (κ2) is 9.23. The van der Waals surface area contributed by atoms with Gasteiger partial charge in [0, 0.05) is 12.0 Å². The summed E-state index contributed by atoms with van der Waals surface area (Å²) in [6.45, 7) is 3.39. The van der Waals surface area contributed by atoms with Crippen molar-refractivity contribution in [1.82, 2.24) is 10.2 Å². The van der Waals surface area contributed by atoms with E-state index < -0.39 is 17.8 Å². The average molecular weight is 321 g/mol. The molecular weight excluding hydrogens is 297 g/mol. The van der Waals surface area contributed by atoms with E-state index in [0.717, 1.165) is 0 Å². The summed E-state index contributed by atoms with van der Waals surface area (Å²) in [7, 11) is 0. The fraction of sp³-hybridized carbons (Fsp3) is 0.529.